The number of benzene rings is 2. The average Bonchev–Trinajstić information content (AvgIpc) is 3.09. The molecule has 2 N–H and O–H groups in total. The van der Waals surface area contributed by atoms with Crippen LogP contribution in [0.1, 0.15) is 52.0 Å². The van der Waals surface area contributed by atoms with E-state index >= 15 is 0 Å². The SMILES string of the molecule is Cc1ccc(NC(=O)NCC2CCCN(C(=O)CCCN3C(=O)c4ccccc4C3=O)C2)cc1. The van der Waals surface area contributed by atoms with Gasteiger partial charge in [0.25, 0.3) is 11.8 Å². The van der Waals surface area contributed by atoms with E-state index in [-0.39, 0.29) is 42.6 Å². The Kier molecular flexibility index (Phi) is 7.25. The van der Waals surface area contributed by atoms with Gasteiger partial charge in [-0.15, -0.1) is 0 Å². The molecule has 4 rings (SSSR count). The maximum absolute atomic E-state index is 12.7. The number of likely N-dealkylation sites (tertiary alicyclic amines) is 1. The lowest BCUT2D eigenvalue weighted by atomic mass is 9.97. The minimum Gasteiger partial charge on any atom is -0.342 e. The zero-order valence-electron chi connectivity index (χ0n) is 19.4. The van der Waals surface area contributed by atoms with Crippen LogP contribution in [0.15, 0.2) is 48.5 Å². The van der Waals surface area contributed by atoms with Crippen LogP contribution in [-0.2, 0) is 4.79 Å². The van der Waals surface area contributed by atoms with E-state index in [0.29, 0.717) is 37.2 Å². The van der Waals surface area contributed by atoms with Crippen molar-refractivity contribution in [2.75, 3.05) is 31.5 Å². The second-order valence-electron chi connectivity index (χ2n) is 8.96. The normalized spacial score (nSPS) is 17.5. The molecular weight excluding hydrogens is 432 g/mol. The van der Waals surface area contributed by atoms with Gasteiger partial charge in [0.2, 0.25) is 5.91 Å². The van der Waals surface area contributed by atoms with E-state index in [2.05, 4.69) is 10.6 Å². The number of imide groups is 1. The summed E-state index contributed by atoms with van der Waals surface area (Å²) in [6.45, 7) is 4.01. The summed E-state index contributed by atoms with van der Waals surface area (Å²) in [5, 5.41) is 5.72. The molecule has 1 fully saturated rings. The summed E-state index contributed by atoms with van der Waals surface area (Å²) >= 11 is 0. The van der Waals surface area contributed by atoms with Gasteiger partial charge in [0, 0.05) is 38.3 Å². The highest BCUT2D eigenvalue weighted by molar-refractivity contribution is 6.21. The third-order valence-corrected chi connectivity index (χ3v) is 6.38. The summed E-state index contributed by atoms with van der Waals surface area (Å²) in [5.74, 6) is -0.370. The molecule has 1 unspecified atom stereocenters. The highest BCUT2D eigenvalue weighted by Crippen LogP contribution is 2.23. The average molecular weight is 463 g/mol. The molecule has 2 aliphatic rings. The van der Waals surface area contributed by atoms with Gasteiger partial charge in [-0.3, -0.25) is 19.3 Å². The number of nitrogens with zero attached hydrogens (tertiary/aromatic N) is 2. The van der Waals surface area contributed by atoms with Gasteiger partial charge in [0.05, 0.1) is 11.1 Å². The molecule has 8 nitrogen and oxygen atoms in total. The van der Waals surface area contributed by atoms with Crippen molar-refractivity contribution in [1.29, 1.82) is 0 Å². The van der Waals surface area contributed by atoms with Crippen molar-refractivity contribution in [3.8, 4) is 0 Å². The number of carbonyl (C=O) groups is 4. The molecule has 0 bridgehead atoms. The number of fused-ring (bicyclic) bond motifs is 1. The summed E-state index contributed by atoms with van der Waals surface area (Å²) in [7, 11) is 0. The van der Waals surface area contributed by atoms with Crippen molar-refractivity contribution in [2.45, 2.75) is 32.6 Å². The molecule has 0 aliphatic carbocycles. The zero-order chi connectivity index (χ0) is 24.1. The molecule has 2 aliphatic heterocycles. The fraction of sp³-hybridized carbons (Fsp3) is 0.385. The first-order valence-electron chi connectivity index (χ1n) is 11.8. The second-order valence-corrected chi connectivity index (χ2v) is 8.96. The number of piperidine rings is 1. The molecule has 2 heterocycles. The van der Waals surface area contributed by atoms with E-state index in [9.17, 15) is 19.2 Å². The minimum atomic E-state index is -0.291. The lowest BCUT2D eigenvalue weighted by Crippen LogP contribution is -2.44. The van der Waals surface area contributed by atoms with Crippen LogP contribution in [0.5, 0.6) is 0 Å². The van der Waals surface area contributed by atoms with Crippen LogP contribution in [-0.4, -0.2) is 59.7 Å². The highest BCUT2D eigenvalue weighted by Gasteiger charge is 2.34. The maximum Gasteiger partial charge on any atom is 0.319 e. The molecule has 0 spiro atoms. The fourth-order valence-corrected chi connectivity index (χ4v) is 4.50. The first-order valence-corrected chi connectivity index (χ1v) is 11.8. The van der Waals surface area contributed by atoms with Gasteiger partial charge in [0.1, 0.15) is 0 Å². The molecule has 178 valence electrons. The van der Waals surface area contributed by atoms with Crippen molar-refractivity contribution in [1.82, 2.24) is 15.1 Å². The standard InChI is InChI=1S/C26H30N4O4/c1-18-10-12-20(13-11-18)28-26(34)27-16-19-6-4-14-29(17-19)23(31)9-5-15-30-24(32)21-7-2-3-8-22(21)25(30)33/h2-3,7-8,10-13,19H,4-6,9,14-17H2,1H3,(H2,27,28,34). The van der Waals surface area contributed by atoms with Crippen LogP contribution in [0, 0.1) is 12.8 Å². The molecule has 0 radical (unpaired) electrons. The Balaban J connectivity index is 1.19. The lowest BCUT2D eigenvalue weighted by Gasteiger charge is -2.33. The van der Waals surface area contributed by atoms with Crippen molar-refractivity contribution in [3.63, 3.8) is 0 Å². The molecule has 5 amide bonds. The summed E-state index contributed by atoms with van der Waals surface area (Å²) in [6, 6.07) is 14.1. The van der Waals surface area contributed by atoms with Gasteiger partial charge in [0.15, 0.2) is 0 Å². The number of urea groups is 1. The predicted molar refractivity (Wildman–Crippen MR) is 129 cm³/mol. The summed E-state index contributed by atoms with van der Waals surface area (Å²) in [4.78, 5) is 52.9. The summed E-state index contributed by atoms with van der Waals surface area (Å²) in [6.07, 6.45) is 2.55. The third-order valence-electron chi connectivity index (χ3n) is 6.38. The lowest BCUT2D eigenvalue weighted by molar-refractivity contribution is -0.133. The zero-order valence-corrected chi connectivity index (χ0v) is 19.4. The fourth-order valence-electron chi connectivity index (χ4n) is 4.50. The Morgan fingerprint density at radius 1 is 1.00 bits per heavy atom. The van der Waals surface area contributed by atoms with Crippen LogP contribution in [0.2, 0.25) is 0 Å². The summed E-state index contributed by atoms with van der Waals surface area (Å²) < 4.78 is 0. The number of hydrogen-bond acceptors (Lipinski definition) is 4. The Bertz CT molecular complexity index is 1050. The van der Waals surface area contributed by atoms with Gasteiger partial charge in [-0.05, 0) is 56.4 Å². The first-order chi connectivity index (χ1) is 16.4. The number of amides is 5. The van der Waals surface area contributed by atoms with Gasteiger partial charge in [-0.1, -0.05) is 29.8 Å². The van der Waals surface area contributed by atoms with E-state index in [0.717, 1.165) is 24.1 Å². The van der Waals surface area contributed by atoms with Crippen LogP contribution in [0.25, 0.3) is 0 Å². The highest BCUT2D eigenvalue weighted by atomic mass is 16.2. The van der Waals surface area contributed by atoms with Crippen molar-refractivity contribution < 1.29 is 19.2 Å². The van der Waals surface area contributed by atoms with Crippen molar-refractivity contribution >= 4 is 29.4 Å². The van der Waals surface area contributed by atoms with Crippen LogP contribution in [0.4, 0.5) is 10.5 Å². The number of anilines is 1. The Hall–Kier alpha value is -3.68. The molecule has 34 heavy (non-hydrogen) atoms. The molecular formula is C26H30N4O4. The minimum absolute atomic E-state index is 0.0189. The van der Waals surface area contributed by atoms with Crippen LogP contribution in [0.3, 0.4) is 0 Å². The van der Waals surface area contributed by atoms with Gasteiger partial charge in [-0.2, -0.15) is 0 Å². The van der Waals surface area contributed by atoms with Gasteiger partial charge in [-0.25, -0.2) is 4.79 Å². The van der Waals surface area contributed by atoms with E-state index in [1.54, 1.807) is 24.3 Å². The number of carbonyl (C=O) groups excluding carboxylic acids is 4. The smallest absolute Gasteiger partial charge is 0.319 e. The Labute approximate surface area is 199 Å². The molecule has 1 saturated heterocycles. The van der Waals surface area contributed by atoms with E-state index in [1.807, 2.05) is 36.1 Å². The topological polar surface area (TPSA) is 98.8 Å². The van der Waals surface area contributed by atoms with E-state index < -0.39 is 0 Å². The van der Waals surface area contributed by atoms with E-state index in [1.165, 1.54) is 4.90 Å². The second kappa shape index (κ2) is 10.5. The largest absolute Gasteiger partial charge is 0.342 e. The quantitative estimate of drug-likeness (QED) is 0.616. The third kappa shape index (κ3) is 5.44. The monoisotopic (exact) mass is 462 g/mol. The van der Waals surface area contributed by atoms with Gasteiger partial charge >= 0.3 is 6.03 Å². The number of hydrogen-bond donors (Lipinski definition) is 2. The number of rotatable bonds is 7. The van der Waals surface area contributed by atoms with E-state index in [4.69, 9.17) is 0 Å². The first kappa shape index (κ1) is 23.5. The molecule has 0 aromatic heterocycles. The van der Waals surface area contributed by atoms with Crippen LogP contribution < -0.4 is 10.6 Å². The number of aryl methyl sites for hydroxylation is 1. The molecule has 2 aromatic carbocycles. The Morgan fingerprint density at radius 2 is 1.68 bits per heavy atom. The molecule has 2 aromatic rings. The molecule has 0 saturated carbocycles. The number of nitrogens with one attached hydrogen (secondary N) is 2. The molecule has 1 atom stereocenters. The van der Waals surface area contributed by atoms with Gasteiger partial charge < -0.3 is 15.5 Å². The van der Waals surface area contributed by atoms with Crippen molar-refractivity contribution in [3.05, 3.63) is 65.2 Å². The van der Waals surface area contributed by atoms with Crippen molar-refractivity contribution in [2.24, 2.45) is 5.92 Å². The molecule has 8 heteroatoms. The predicted octanol–water partition coefficient (Wildman–Crippen LogP) is 3.43. The summed E-state index contributed by atoms with van der Waals surface area (Å²) in [5.41, 5.74) is 2.72. The maximum atomic E-state index is 12.7. The Morgan fingerprint density at radius 3 is 2.35 bits per heavy atom. The van der Waals surface area contributed by atoms with Crippen LogP contribution >= 0.6 is 0 Å².